The van der Waals surface area contributed by atoms with Gasteiger partial charge in [0.2, 0.25) is 0 Å². The van der Waals surface area contributed by atoms with Gasteiger partial charge in [-0.3, -0.25) is 9.59 Å². The molecule has 12 nitrogen and oxygen atoms in total. The van der Waals surface area contributed by atoms with Crippen molar-refractivity contribution in [3.63, 3.8) is 0 Å². The number of rotatable bonds is 17. The molecule has 0 aliphatic carbocycles. The van der Waals surface area contributed by atoms with E-state index in [1.807, 2.05) is 48.2 Å². The summed E-state index contributed by atoms with van der Waals surface area (Å²) in [7, 11) is 8.03. The van der Waals surface area contributed by atoms with Gasteiger partial charge >= 0.3 is 30.8 Å². The summed E-state index contributed by atoms with van der Waals surface area (Å²) in [5.41, 5.74) is 3.66. The fourth-order valence-corrected chi connectivity index (χ4v) is 5.04. The number of aliphatic carboxylic acids is 1. The van der Waals surface area contributed by atoms with Crippen LogP contribution in [-0.2, 0) is 27.2 Å². The minimum Gasteiger partial charge on any atom is -0.870 e. The summed E-state index contributed by atoms with van der Waals surface area (Å²) in [5.74, 6) is -0.375. The summed E-state index contributed by atoms with van der Waals surface area (Å²) < 4.78 is 8.17. The Balaban J connectivity index is -0.000000816. The predicted molar refractivity (Wildman–Crippen MR) is 191 cm³/mol. The Morgan fingerprint density at radius 2 is 1.12 bits per heavy atom. The topological polar surface area (TPSA) is 176 Å². The Morgan fingerprint density at radius 1 is 0.755 bits per heavy atom. The van der Waals surface area contributed by atoms with Crippen LogP contribution in [0.5, 0.6) is 0 Å². The van der Waals surface area contributed by atoms with Gasteiger partial charge in [0.15, 0.2) is 0 Å². The van der Waals surface area contributed by atoms with E-state index in [0.717, 1.165) is 61.0 Å². The second kappa shape index (κ2) is 25.3. The Hall–Kier alpha value is -2.72. The molecule has 2 aromatic heterocycles. The van der Waals surface area contributed by atoms with E-state index in [4.69, 9.17) is 4.74 Å². The molecule has 0 spiro atoms. The van der Waals surface area contributed by atoms with Gasteiger partial charge < -0.3 is 39.7 Å². The maximum atomic E-state index is 12.5. The maximum Gasteiger partial charge on any atom is 1.00 e. The van der Waals surface area contributed by atoms with E-state index < -0.39 is 18.1 Å². The number of pyridine rings is 2. The van der Waals surface area contributed by atoms with Crippen molar-refractivity contribution in [2.45, 2.75) is 99.1 Å². The Kier molecular flexibility index (Phi) is 26.1. The van der Waals surface area contributed by atoms with Crippen molar-refractivity contribution >= 4 is 11.9 Å². The fraction of sp³-hybridized carbons (Fsp3) is 0.667. The summed E-state index contributed by atoms with van der Waals surface area (Å²) in [4.78, 5) is 52.8. The number of likely N-dealkylation sites (N-methyl/N-ethyl adjacent to an activating group) is 2. The van der Waals surface area contributed by atoms with Crippen molar-refractivity contribution in [1.82, 2.24) is 18.9 Å². The molecule has 0 aliphatic heterocycles. The third-order valence-electron chi connectivity index (χ3n) is 8.00. The summed E-state index contributed by atoms with van der Waals surface area (Å²) in [6.07, 6.45) is 7.98. The number of ether oxygens (including phenoxy) is 1. The molecule has 0 saturated heterocycles. The number of carbonyl (C=O) groups excluding carboxylic acids is 1. The van der Waals surface area contributed by atoms with Crippen LogP contribution < -0.4 is 30.0 Å². The second-order valence-corrected chi connectivity index (χ2v) is 13.6. The van der Waals surface area contributed by atoms with Crippen molar-refractivity contribution in [3.05, 3.63) is 67.5 Å². The third kappa shape index (κ3) is 18.2. The molecule has 0 radical (unpaired) electrons. The van der Waals surface area contributed by atoms with Crippen LogP contribution in [0.15, 0.2) is 34.1 Å². The van der Waals surface area contributed by atoms with Gasteiger partial charge in [-0.15, -0.1) is 0 Å². The molecule has 0 saturated carbocycles. The van der Waals surface area contributed by atoms with E-state index in [1.54, 1.807) is 29.8 Å². The van der Waals surface area contributed by atoms with Crippen LogP contribution in [0.1, 0.15) is 94.6 Å². The summed E-state index contributed by atoms with van der Waals surface area (Å²) in [5, 5.41) is 9.47. The normalized spacial score (nSPS) is 12.0. The number of carbonyl (C=O) groups is 2. The zero-order valence-electron chi connectivity index (χ0n) is 32.2. The first-order valence-electron chi connectivity index (χ1n) is 16.6. The number of hydrogen-bond donors (Lipinski definition) is 1. The molecule has 2 aromatic rings. The van der Waals surface area contributed by atoms with Gasteiger partial charge in [-0.05, 0) is 122 Å². The van der Waals surface area contributed by atoms with E-state index in [2.05, 4.69) is 37.5 Å². The Bertz CT molecular complexity index is 1370. The molecule has 2 unspecified atom stereocenters. The van der Waals surface area contributed by atoms with Crippen LogP contribution in [0.3, 0.4) is 0 Å². The maximum absolute atomic E-state index is 12.5. The van der Waals surface area contributed by atoms with Gasteiger partial charge in [0.05, 0.1) is 6.61 Å². The van der Waals surface area contributed by atoms with Gasteiger partial charge in [0.1, 0.15) is 12.1 Å². The molecule has 2 atom stereocenters. The fourth-order valence-electron chi connectivity index (χ4n) is 5.04. The standard InChI is InChI=1S/C19H32N2O3.C17H28N2O3.Li.2H2O/c1-7-24-19(23)17(9-8-14(2)3)21-13-16(10-11-20(5)6)15(4)12-18(21)22;1-12(2)6-7-15(17(21)22)19-11-14(8-9-18(4)5)13(3)10-16(19)20;;;/h12-14,17H,7-11H2,1-6H3;10-12,15H,6-9H2,1-5H3,(H,21,22);;2*1H2/q;;+1;;/p-1. The number of nitrogens with zero attached hydrogens (tertiary/aromatic N) is 4. The molecule has 2 heterocycles. The van der Waals surface area contributed by atoms with E-state index in [1.165, 1.54) is 4.57 Å². The largest absolute Gasteiger partial charge is 1.00 e. The average Bonchev–Trinajstić information content (AvgIpc) is 2.93. The van der Waals surface area contributed by atoms with Gasteiger partial charge in [-0.1, -0.05) is 27.7 Å². The third-order valence-corrected chi connectivity index (χ3v) is 8.00. The first kappa shape index (κ1) is 50.7. The first-order chi connectivity index (χ1) is 21.5. The zero-order chi connectivity index (χ0) is 35.1. The molecule has 13 heteroatoms. The molecule has 0 bridgehead atoms. The smallest absolute Gasteiger partial charge is 0.870 e. The number of carboxylic acid groups (broad SMARTS) is 1. The van der Waals surface area contributed by atoms with Crippen LogP contribution in [-0.4, -0.2) is 94.8 Å². The molecule has 0 amide bonds. The summed E-state index contributed by atoms with van der Waals surface area (Å²) in [6, 6.07) is 1.86. The van der Waals surface area contributed by atoms with Crippen LogP contribution in [0.2, 0.25) is 0 Å². The number of hydrogen-bond acceptors (Lipinski definition) is 8. The van der Waals surface area contributed by atoms with Gasteiger partial charge in [-0.25, -0.2) is 9.59 Å². The van der Waals surface area contributed by atoms with E-state index in [0.29, 0.717) is 31.3 Å². The minimum atomic E-state index is -0.940. The number of esters is 1. The quantitative estimate of drug-likeness (QED) is 0.189. The molecule has 0 fully saturated rings. The Labute approximate surface area is 305 Å². The summed E-state index contributed by atoms with van der Waals surface area (Å²) >= 11 is 0. The van der Waals surface area contributed by atoms with Gasteiger partial charge in [0.25, 0.3) is 11.1 Å². The van der Waals surface area contributed by atoms with Crippen molar-refractivity contribution in [1.29, 1.82) is 0 Å². The van der Waals surface area contributed by atoms with E-state index in [9.17, 15) is 24.3 Å². The number of carboxylic acids is 1. The van der Waals surface area contributed by atoms with Crippen molar-refractivity contribution in [2.75, 3.05) is 47.9 Å². The van der Waals surface area contributed by atoms with Crippen LogP contribution in [0, 0.1) is 25.7 Å². The second-order valence-electron chi connectivity index (χ2n) is 13.6. The van der Waals surface area contributed by atoms with Crippen molar-refractivity contribution in [3.8, 4) is 0 Å². The van der Waals surface area contributed by atoms with Gasteiger partial charge in [-0.2, -0.15) is 0 Å². The first-order valence-corrected chi connectivity index (χ1v) is 16.6. The average molecular weight is 687 g/mol. The Morgan fingerprint density at radius 3 is 1.45 bits per heavy atom. The monoisotopic (exact) mass is 686 g/mol. The molecule has 4 N–H and O–H groups in total. The molecule has 2 rings (SSSR count). The molecular weight excluding hydrogens is 623 g/mol. The number of aryl methyl sites for hydroxylation is 2. The molecule has 0 aliphatic rings. The summed E-state index contributed by atoms with van der Waals surface area (Å²) in [6.45, 7) is 16.1. The molecule has 0 aromatic carbocycles. The SMILES string of the molecule is CCOC(=O)C(CCC(C)C)n1cc(CCN(C)C)c(C)cc1=O.Cc1cc(=O)n(C(CCC(C)C)C(=O)O)cc1CCN(C)C.O.[Li+].[OH-]. The molecule has 49 heavy (non-hydrogen) atoms. The molecule has 276 valence electrons. The van der Waals surface area contributed by atoms with Crippen LogP contribution >= 0.6 is 0 Å². The number of aromatic nitrogens is 2. The zero-order valence-corrected chi connectivity index (χ0v) is 32.2. The van der Waals surface area contributed by atoms with E-state index in [-0.39, 0.29) is 46.9 Å². The van der Waals surface area contributed by atoms with Crippen molar-refractivity contribution in [2.24, 2.45) is 11.8 Å². The minimum absolute atomic E-state index is 0. The molecular formula is C36H63LiN4O8. The van der Waals surface area contributed by atoms with Crippen LogP contribution in [0.4, 0.5) is 0 Å². The van der Waals surface area contributed by atoms with Gasteiger partial charge in [0, 0.05) is 37.6 Å². The predicted octanol–water partition coefficient (Wildman–Crippen LogP) is 1.13. The van der Waals surface area contributed by atoms with Crippen molar-refractivity contribution < 1.29 is 49.2 Å². The van der Waals surface area contributed by atoms with Crippen LogP contribution in [0.25, 0.3) is 0 Å². The van der Waals surface area contributed by atoms with E-state index >= 15 is 0 Å².